The second-order valence-electron chi connectivity index (χ2n) is 3.82. The van der Waals surface area contributed by atoms with Crippen LogP contribution in [-0.2, 0) is 0 Å². The van der Waals surface area contributed by atoms with Crippen LogP contribution in [0.1, 0.15) is 16.8 Å². The summed E-state index contributed by atoms with van der Waals surface area (Å²) < 4.78 is 39.3. The SMILES string of the molecule is O=C(O)c1c(F)ccnc1N1CCC(F)(F)C1. The number of carboxylic acid groups (broad SMARTS) is 1. The molecular formula is C10H9F3N2O2. The molecular weight excluding hydrogens is 237 g/mol. The lowest BCUT2D eigenvalue weighted by molar-refractivity contribution is 0.0256. The minimum absolute atomic E-state index is 0.0380. The molecule has 0 aliphatic carbocycles. The minimum Gasteiger partial charge on any atom is -0.477 e. The van der Waals surface area contributed by atoms with Gasteiger partial charge in [-0.25, -0.2) is 22.9 Å². The molecule has 0 unspecified atom stereocenters. The quantitative estimate of drug-likeness (QED) is 0.863. The number of hydrogen-bond donors (Lipinski definition) is 1. The third kappa shape index (κ3) is 2.17. The van der Waals surface area contributed by atoms with E-state index in [1.807, 2.05) is 0 Å². The maximum atomic E-state index is 13.3. The number of pyridine rings is 1. The highest BCUT2D eigenvalue weighted by atomic mass is 19.3. The van der Waals surface area contributed by atoms with E-state index in [-0.39, 0.29) is 18.8 Å². The largest absolute Gasteiger partial charge is 0.477 e. The van der Waals surface area contributed by atoms with E-state index in [0.29, 0.717) is 0 Å². The van der Waals surface area contributed by atoms with E-state index in [2.05, 4.69) is 4.98 Å². The zero-order chi connectivity index (χ0) is 12.6. The molecule has 1 aromatic rings. The van der Waals surface area contributed by atoms with E-state index in [0.717, 1.165) is 17.2 Å². The number of carbonyl (C=O) groups is 1. The van der Waals surface area contributed by atoms with Crippen LogP contribution >= 0.6 is 0 Å². The average Bonchev–Trinajstić information content (AvgIpc) is 2.57. The van der Waals surface area contributed by atoms with Gasteiger partial charge in [-0.15, -0.1) is 0 Å². The molecule has 92 valence electrons. The predicted octanol–water partition coefficient (Wildman–Crippen LogP) is 1.76. The zero-order valence-electron chi connectivity index (χ0n) is 8.66. The Morgan fingerprint density at radius 3 is 2.76 bits per heavy atom. The fraction of sp³-hybridized carbons (Fsp3) is 0.400. The van der Waals surface area contributed by atoms with Crippen LogP contribution in [0.3, 0.4) is 0 Å². The Labute approximate surface area is 94.7 Å². The van der Waals surface area contributed by atoms with Gasteiger partial charge in [0.15, 0.2) is 0 Å². The van der Waals surface area contributed by atoms with Crippen molar-refractivity contribution in [3.63, 3.8) is 0 Å². The van der Waals surface area contributed by atoms with Gasteiger partial charge in [0, 0.05) is 19.2 Å². The maximum Gasteiger partial charge on any atom is 0.342 e. The summed E-state index contributed by atoms with van der Waals surface area (Å²) in [6.07, 6.45) is 0.678. The number of aromatic nitrogens is 1. The molecule has 1 fully saturated rings. The van der Waals surface area contributed by atoms with Crippen LogP contribution in [0.15, 0.2) is 12.3 Å². The van der Waals surface area contributed by atoms with E-state index in [1.54, 1.807) is 0 Å². The molecule has 0 bridgehead atoms. The van der Waals surface area contributed by atoms with E-state index in [1.165, 1.54) is 0 Å². The molecule has 0 aromatic carbocycles. The van der Waals surface area contributed by atoms with Crippen LogP contribution in [0.4, 0.5) is 19.0 Å². The van der Waals surface area contributed by atoms with Crippen molar-refractivity contribution in [3.05, 3.63) is 23.6 Å². The molecule has 1 aromatic heterocycles. The van der Waals surface area contributed by atoms with Crippen LogP contribution in [-0.4, -0.2) is 35.1 Å². The van der Waals surface area contributed by atoms with Gasteiger partial charge in [0.05, 0.1) is 6.54 Å². The topological polar surface area (TPSA) is 53.4 Å². The van der Waals surface area contributed by atoms with E-state index in [9.17, 15) is 18.0 Å². The summed E-state index contributed by atoms with van der Waals surface area (Å²) in [4.78, 5) is 15.6. The Hall–Kier alpha value is -1.79. The molecule has 0 atom stereocenters. The molecule has 4 nitrogen and oxygen atoms in total. The summed E-state index contributed by atoms with van der Waals surface area (Å²) in [5.74, 6) is -5.61. The van der Waals surface area contributed by atoms with Gasteiger partial charge >= 0.3 is 5.97 Å². The first-order valence-electron chi connectivity index (χ1n) is 4.91. The predicted molar refractivity (Wildman–Crippen MR) is 52.9 cm³/mol. The van der Waals surface area contributed by atoms with Gasteiger partial charge in [-0.1, -0.05) is 0 Å². The van der Waals surface area contributed by atoms with Crippen LogP contribution in [0.25, 0.3) is 0 Å². The summed E-state index contributed by atoms with van der Waals surface area (Å²) in [5, 5.41) is 8.84. The third-order valence-electron chi connectivity index (χ3n) is 2.56. The molecule has 7 heteroatoms. The van der Waals surface area contributed by atoms with E-state index in [4.69, 9.17) is 5.11 Å². The van der Waals surface area contributed by atoms with Crippen molar-refractivity contribution in [2.24, 2.45) is 0 Å². The molecule has 0 saturated carbocycles. The number of rotatable bonds is 2. The Morgan fingerprint density at radius 2 is 2.24 bits per heavy atom. The molecule has 0 radical (unpaired) electrons. The summed E-state index contributed by atoms with van der Waals surface area (Å²) in [5.41, 5.74) is -0.662. The summed E-state index contributed by atoms with van der Waals surface area (Å²) in [7, 11) is 0. The highest BCUT2D eigenvalue weighted by Crippen LogP contribution is 2.32. The summed E-state index contributed by atoms with van der Waals surface area (Å²) in [6, 6.07) is 0.890. The van der Waals surface area contributed by atoms with Crippen molar-refractivity contribution in [3.8, 4) is 0 Å². The molecule has 2 rings (SSSR count). The zero-order valence-corrected chi connectivity index (χ0v) is 8.66. The highest BCUT2D eigenvalue weighted by Gasteiger charge is 2.40. The van der Waals surface area contributed by atoms with Gasteiger partial charge in [0.1, 0.15) is 17.2 Å². The van der Waals surface area contributed by atoms with Gasteiger partial charge in [0.2, 0.25) is 0 Å². The number of anilines is 1. The van der Waals surface area contributed by atoms with Crippen molar-refractivity contribution < 1.29 is 23.1 Å². The van der Waals surface area contributed by atoms with Gasteiger partial charge in [-0.3, -0.25) is 0 Å². The average molecular weight is 246 g/mol. The van der Waals surface area contributed by atoms with Crippen LogP contribution in [0.2, 0.25) is 0 Å². The van der Waals surface area contributed by atoms with Crippen LogP contribution in [0.5, 0.6) is 0 Å². The van der Waals surface area contributed by atoms with Gasteiger partial charge in [0.25, 0.3) is 5.92 Å². The Balaban J connectivity index is 2.40. The number of alkyl halides is 2. The normalized spacial score (nSPS) is 18.4. The standard InChI is InChI=1S/C10H9F3N2O2/c11-6-1-3-14-8(7(6)9(16)17)15-4-2-10(12,13)5-15/h1,3H,2,4-5H2,(H,16,17). The number of aromatic carboxylic acids is 1. The first-order valence-corrected chi connectivity index (χ1v) is 4.91. The Kier molecular flexibility index (Phi) is 2.68. The Morgan fingerprint density at radius 1 is 1.53 bits per heavy atom. The van der Waals surface area contributed by atoms with E-state index < -0.39 is 29.8 Å². The van der Waals surface area contributed by atoms with Crippen molar-refractivity contribution in [2.75, 3.05) is 18.0 Å². The highest BCUT2D eigenvalue weighted by molar-refractivity contribution is 5.93. The molecule has 17 heavy (non-hydrogen) atoms. The van der Waals surface area contributed by atoms with Gasteiger partial charge in [-0.2, -0.15) is 0 Å². The number of nitrogens with zero attached hydrogens (tertiary/aromatic N) is 2. The number of carboxylic acids is 1. The summed E-state index contributed by atoms with van der Waals surface area (Å²) in [6.45, 7) is -0.673. The fourth-order valence-corrected chi connectivity index (χ4v) is 1.78. The first kappa shape index (κ1) is 11.7. The molecule has 2 heterocycles. The van der Waals surface area contributed by atoms with Crippen molar-refractivity contribution >= 4 is 11.8 Å². The minimum atomic E-state index is -2.89. The second-order valence-corrected chi connectivity index (χ2v) is 3.82. The molecule has 0 spiro atoms. The molecule has 1 N–H and O–H groups in total. The lowest BCUT2D eigenvalue weighted by Crippen LogP contribution is -2.27. The lowest BCUT2D eigenvalue weighted by Gasteiger charge is -2.18. The van der Waals surface area contributed by atoms with Crippen LogP contribution < -0.4 is 4.90 Å². The third-order valence-corrected chi connectivity index (χ3v) is 2.56. The monoisotopic (exact) mass is 246 g/mol. The Bertz CT molecular complexity index is 465. The first-order chi connectivity index (χ1) is 7.91. The van der Waals surface area contributed by atoms with Gasteiger partial charge < -0.3 is 10.0 Å². The number of hydrogen-bond acceptors (Lipinski definition) is 3. The van der Waals surface area contributed by atoms with Crippen molar-refractivity contribution in [2.45, 2.75) is 12.3 Å². The van der Waals surface area contributed by atoms with Crippen molar-refractivity contribution in [1.29, 1.82) is 0 Å². The molecule has 1 aliphatic rings. The van der Waals surface area contributed by atoms with Crippen molar-refractivity contribution in [1.82, 2.24) is 4.98 Å². The van der Waals surface area contributed by atoms with E-state index >= 15 is 0 Å². The second kappa shape index (κ2) is 3.90. The smallest absolute Gasteiger partial charge is 0.342 e. The molecule has 1 aliphatic heterocycles. The molecule has 0 amide bonds. The fourth-order valence-electron chi connectivity index (χ4n) is 1.78. The number of halogens is 3. The molecule has 1 saturated heterocycles. The summed E-state index contributed by atoms with van der Waals surface area (Å²) >= 11 is 0. The van der Waals surface area contributed by atoms with Crippen LogP contribution in [0, 0.1) is 5.82 Å². The lowest BCUT2D eigenvalue weighted by atomic mass is 10.2. The maximum absolute atomic E-state index is 13.3. The van der Waals surface area contributed by atoms with Gasteiger partial charge in [-0.05, 0) is 6.07 Å².